The zero-order valence-electron chi connectivity index (χ0n) is 10.3. The Morgan fingerprint density at radius 2 is 1.79 bits per heavy atom. The molecule has 0 saturated heterocycles. The molecule has 0 aromatic heterocycles. The van der Waals surface area contributed by atoms with Crippen molar-refractivity contribution in [2.24, 2.45) is 0 Å². The molecule has 19 heavy (non-hydrogen) atoms. The van der Waals surface area contributed by atoms with Crippen molar-refractivity contribution in [3.63, 3.8) is 0 Å². The summed E-state index contributed by atoms with van der Waals surface area (Å²) in [4.78, 5) is 0.294. The fourth-order valence-electron chi connectivity index (χ4n) is 1.58. The first-order valence-electron chi connectivity index (χ1n) is 5.62. The van der Waals surface area contributed by atoms with Crippen molar-refractivity contribution in [1.82, 2.24) is 0 Å². The molecule has 5 heteroatoms. The molecule has 0 aliphatic rings. The van der Waals surface area contributed by atoms with E-state index in [1.165, 1.54) is 6.26 Å². The number of hydrogen-bond acceptors (Lipinski definition) is 3. The number of sulfone groups is 1. The molecule has 0 atom stereocenters. The predicted octanol–water partition coefficient (Wildman–Crippen LogP) is 3.43. The first kappa shape index (κ1) is 14.1. The zero-order valence-corrected chi connectivity index (χ0v) is 12.7. The van der Waals surface area contributed by atoms with Gasteiger partial charge in [0.2, 0.25) is 0 Å². The van der Waals surface area contributed by atoms with E-state index in [1.807, 2.05) is 24.3 Å². The van der Waals surface area contributed by atoms with Crippen molar-refractivity contribution < 1.29 is 13.2 Å². The number of benzene rings is 2. The van der Waals surface area contributed by atoms with E-state index in [2.05, 4.69) is 15.9 Å². The molecule has 0 radical (unpaired) electrons. The lowest BCUT2D eigenvalue weighted by Gasteiger charge is -2.07. The van der Waals surface area contributed by atoms with Crippen LogP contribution in [0.15, 0.2) is 57.9 Å². The van der Waals surface area contributed by atoms with Gasteiger partial charge in [0.1, 0.15) is 12.4 Å². The zero-order chi connectivity index (χ0) is 13.9. The van der Waals surface area contributed by atoms with Crippen molar-refractivity contribution in [2.75, 3.05) is 6.26 Å². The molecule has 2 aromatic rings. The van der Waals surface area contributed by atoms with Crippen LogP contribution in [-0.4, -0.2) is 14.7 Å². The standard InChI is InChI=1S/C14H13BrO3S/c1-19(16,17)14-7-5-13(6-8-14)18-10-11-3-2-4-12(15)9-11/h2-9H,10H2,1H3. The lowest BCUT2D eigenvalue weighted by molar-refractivity contribution is 0.306. The molecule has 0 aliphatic heterocycles. The second-order valence-electron chi connectivity index (χ2n) is 4.16. The molecule has 0 amide bonds. The van der Waals surface area contributed by atoms with Crippen molar-refractivity contribution in [3.8, 4) is 5.75 Å². The quantitative estimate of drug-likeness (QED) is 0.856. The third-order valence-corrected chi connectivity index (χ3v) is 4.17. The molecule has 0 N–H and O–H groups in total. The van der Waals surface area contributed by atoms with Crippen LogP contribution in [0.25, 0.3) is 0 Å². The lowest BCUT2D eigenvalue weighted by atomic mass is 10.2. The third kappa shape index (κ3) is 4.08. The normalized spacial score (nSPS) is 11.3. The summed E-state index contributed by atoms with van der Waals surface area (Å²) in [6, 6.07) is 14.3. The molecule has 2 rings (SSSR count). The largest absolute Gasteiger partial charge is 0.489 e. The van der Waals surface area contributed by atoms with Crippen molar-refractivity contribution >= 4 is 25.8 Å². The van der Waals surface area contributed by atoms with E-state index >= 15 is 0 Å². The number of ether oxygens (including phenoxy) is 1. The van der Waals surface area contributed by atoms with E-state index in [-0.39, 0.29) is 0 Å². The van der Waals surface area contributed by atoms with Gasteiger partial charge in [0.15, 0.2) is 9.84 Å². The average Bonchev–Trinajstić information content (AvgIpc) is 2.36. The van der Waals surface area contributed by atoms with E-state index in [0.717, 1.165) is 10.0 Å². The van der Waals surface area contributed by atoms with Gasteiger partial charge in [-0.25, -0.2) is 8.42 Å². The Bertz CT molecular complexity index is 663. The van der Waals surface area contributed by atoms with Crippen molar-refractivity contribution in [1.29, 1.82) is 0 Å². The summed E-state index contributed by atoms with van der Waals surface area (Å²) in [5.41, 5.74) is 1.04. The van der Waals surface area contributed by atoms with Crippen LogP contribution in [0.5, 0.6) is 5.75 Å². The molecule has 0 fully saturated rings. The highest BCUT2D eigenvalue weighted by molar-refractivity contribution is 9.10. The Morgan fingerprint density at radius 1 is 1.11 bits per heavy atom. The van der Waals surface area contributed by atoms with Crippen LogP contribution >= 0.6 is 15.9 Å². The van der Waals surface area contributed by atoms with Gasteiger partial charge in [-0.15, -0.1) is 0 Å². The van der Waals surface area contributed by atoms with E-state index < -0.39 is 9.84 Å². The van der Waals surface area contributed by atoms with Crippen LogP contribution in [0.1, 0.15) is 5.56 Å². The smallest absolute Gasteiger partial charge is 0.175 e. The first-order valence-corrected chi connectivity index (χ1v) is 8.31. The Kier molecular flexibility index (Phi) is 4.27. The van der Waals surface area contributed by atoms with Crippen molar-refractivity contribution in [2.45, 2.75) is 11.5 Å². The van der Waals surface area contributed by atoms with Gasteiger partial charge in [-0.2, -0.15) is 0 Å². The SMILES string of the molecule is CS(=O)(=O)c1ccc(OCc2cccc(Br)c2)cc1. The summed E-state index contributed by atoms with van der Waals surface area (Å²) in [6.45, 7) is 0.442. The maximum absolute atomic E-state index is 11.3. The first-order chi connectivity index (χ1) is 8.95. The van der Waals surface area contributed by atoms with E-state index in [9.17, 15) is 8.42 Å². The maximum atomic E-state index is 11.3. The van der Waals surface area contributed by atoms with Gasteiger partial charge in [0, 0.05) is 10.7 Å². The Morgan fingerprint density at radius 3 is 2.37 bits per heavy atom. The predicted molar refractivity (Wildman–Crippen MR) is 78.0 cm³/mol. The molecule has 0 spiro atoms. The molecule has 0 unspecified atom stereocenters. The van der Waals surface area contributed by atoms with Crippen LogP contribution < -0.4 is 4.74 Å². The molecule has 3 nitrogen and oxygen atoms in total. The maximum Gasteiger partial charge on any atom is 0.175 e. The van der Waals surface area contributed by atoms with Crippen molar-refractivity contribution in [3.05, 3.63) is 58.6 Å². The molecular formula is C14H13BrO3S. The van der Waals surface area contributed by atoms with Crippen LogP contribution in [0.4, 0.5) is 0 Å². The van der Waals surface area contributed by atoms with E-state index in [1.54, 1.807) is 24.3 Å². The second-order valence-corrected chi connectivity index (χ2v) is 7.09. The molecule has 0 heterocycles. The topological polar surface area (TPSA) is 43.4 Å². The highest BCUT2D eigenvalue weighted by Crippen LogP contribution is 2.18. The molecule has 100 valence electrons. The Labute approximate surface area is 121 Å². The average molecular weight is 341 g/mol. The highest BCUT2D eigenvalue weighted by atomic mass is 79.9. The Balaban J connectivity index is 2.05. The van der Waals surface area contributed by atoms with E-state index in [0.29, 0.717) is 17.3 Å². The van der Waals surface area contributed by atoms with Gasteiger partial charge >= 0.3 is 0 Å². The second kappa shape index (κ2) is 5.75. The third-order valence-electron chi connectivity index (χ3n) is 2.55. The van der Waals surface area contributed by atoms with Crippen LogP contribution in [0.3, 0.4) is 0 Å². The molecular weight excluding hydrogens is 328 g/mol. The van der Waals surface area contributed by atoms with Gasteiger partial charge in [-0.1, -0.05) is 28.1 Å². The summed E-state index contributed by atoms with van der Waals surface area (Å²) >= 11 is 3.40. The molecule has 0 saturated carbocycles. The fraction of sp³-hybridized carbons (Fsp3) is 0.143. The summed E-state index contributed by atoms with van der Waals surface area (Å²) in [5, 5.41) is 0. The van der Waals surface area contributed by atoms with Gasteiger partial charge in [0.25, 0.3) is 0 Å². The number of halogens is 1. The van der Waals surface area contributed by atoms with E-state index in [4.69, 9.17) is 4.74 Å². The van der Waals surface area contributed by atoms with Gasteiger partial charge in [0.05, 0.1) is 4.90 Å². The molecule has 0 bridgehead atoms. The summed E-state index contributed by atoms with van der Waals surface area (Å²) in [7, 11) is -3.15. The minimum atomic E-state index is -3.15. The fourth-order valence-corrected chi connectivity index (χ4v) is 2.65. The lowest BCUT2D eigenvalue weighted by Crippen LogP contribution is -1.98. The van der Waals surface area contributed by atoms with Gasteiger partial charge in [-0.3, -0.25) is 0 Å². The van der Waals surface area contributed by atoms with Crippen LogP contribution in [0.2, 0.25) is 0 Å². The Hall–Kier alpha value is -1.33. The number of hydrogen-bond donors (Lipinski definition) is 0. The minimum absolute atomic E-state index is 0.294. The molecule has 2 aromatic carbocycles. The monoisotopic (exact) mass is 340 g/mol. The summed E-state index contributed by atoms with van der Waals surface area (Å²) < 4.78 is 29.2. The summed E-state index contributed by atoms with van der Waals surface area (Å²) in [6.07, 6.45) is 1.18. The molecule has 0 aliphatic carbocycles. The summed E-state index contributed by atoms with van der Waals surface area (Å²) in [5.74, 6) is 0.646. The van der Waals surface area contributed by atoms with Gasteiger partial charge in [-0.05, 0) is 42.0 Å². The van der Waals surface area contributed by atoms with Crippen LogP contribution in [0, 0.1) is 0 Å². The number of rotatable bonds is 4. The minimum Gasteiger partial charge on any atom is -0.489 e. The van der Waals surface area contributed by atoms with Gasteiger partial charge < -0.3 is 4.74 Å². The van der Waals surface area contributed by atoms with Crippen LogP contribution in [-0.2, 0) is 16.4 Å². The highest BCUT2D eigenvalue weighted by Gasteiger charge is 2.06.